The summed E-state index contributed by atoms with van der Waals surface area (Å²) in [7, 11) is 0. The molecule has 0 aliphatic carbocycles. The normalized spacial score (nSPS) is 13.3. The molecule has 2 N–H and O–H groups in total. The Hall–Kier alpha value is -1.04. The van der Waals surface area contributed by atoms with Gasteiger partial charge in [-0.15, -0.1) is 0 Å². The molecule has 1 aromatic carbocycles. The van der Waals surface area contributed by atoms with E-state index in [2.05, 4.69) is 27.9 Å². The van der Waals surface area contributed by atoms with E-state index in [-0.39, 0.29) is 6.04 Å². The van der Waals surface area contributed by atoms with Gasteiger partial charge in [-0.25, -0.2) is 4.79 Å². The number of amides is 1. The second kappa shape index (κ2) is 5.89. The molecule has 0 spiro atoms. The maximum atomic E-state index is 10.4. The third kappa shape index (κ3) is 4.22. The third-order valence-corrected chi connectivity index (χ3v) is 2.87. The quantitative estimate of drug-likeness (QED) is 0.835. The van der Waals surface area contributed by atoms with Crippen LogP contribution in [0, 0.1) is 3.57 Å². The number of rotatable bonds is 3. The van der Waals surface area contributed by atoms with E-state index in [1.807, 2.05) is 44.2 Å². The molecule has 0 saturated heterocycles. The van der Waals surface area contributed by atoms with Crippen molar-refractivity contribution in [2.45, 2.75) is 19.9 Å². The van der Waals surface area contributed by atoms with E-state index in [1.54, 1.807) is 0 Å². The van der Waals surface area contributed by atoms with Gasteiger partial charge in [0.15, 0.2) is 0 Å². The van der Waals surface area contributed by atoms with Crippen molar-refractivity contribution in [3.63, 3.8) is 0 Å². The summed E-state index contributed by atoms with van der Waals surface area (Å²) in [5.41, 5.74) is 2.18. The second-order valence-corrected chi connectivity index (χ2v) is 4.84. The first-order valence-electron chi connectivity index (χ1n) is 4.93. The van der Waals surface area contributed by atoms with Crippen LogP contribution in [0.5, 0.6) is 0 Å². The van der Waals surface area contributed by atoms with Crippen LogP contribution in [-0.4, -0.2) is 17.2 Å². The number of carbonyl (C=O) groups is 1. The van der Waals surface area contributed by atoms with Crippen LogP contribution in [0.25, 0.3) is 5.57 Å². The average molecular weight is 331 g/mol. The Morgan fingerprint density at radius 1 is 1.44 bits per heavy atom. The summed E-state index contributed by atoms with van der Waals surface area (Å²) in [6, 6.07) is 7.93. The minimum Gasteiger partial charge on any atom is -0.465 e. The van der Waals surface area contributed by atoms with Gasteiger partial charge in [-0.2, -0.15) is 0 Å². The topological polar surface area (TPSA) is 49.3 Å². The van der Waals surface area contributed by atoms with Crippen LogP contribution >= 0.6 is 22.6 Å². The minimum atomic E-state index is -1.00. The Bertz CT molecular complexity index is 398. The van der Waals surface area contributed by atoms with E-state index in [1.165, 1.54) is 3.57 Å². The third-order valence-electron chi connectivity index (χ3n) is 2.15. The van der Waals surface area contributed by atoms with Gasteiger partial charge in [-0.1, -0.05) is 18.2 Å². The second-order valence-electron chi connectivity index (χ2n) is 3.59. The van der Waals surface area contributed by atoms with Crippen LogP contribution in [0.15, 0.2) is 30.3 Å². The molecule has 0 bridgehead atoms. The molecule has 0 fully saturated rings. The highest BCUT2D eigenvalue weighted by Crippen LogP contribution is 2.16. The molecule has 86 valence electrons. The molecular weight excluding hydrogens is 317 g/mol. The summed E-state index contributed by atoms with van der Waals surface area (Å²) in [5, 5.41) is 11.0. The van der Waals surface area contributed by atoms with Crippen LogP contribution in [0.2, 0.25) is 0 Å². The molecule has 0 aromatic heterocycles. The maximum Gasteiger partial charge on any atom is 0.405 e. The monoisotopic (exact) mass is 331 g/mol. The molecule has 16 heavy (non-hydrogen) atoms. The first-order chi connectivity index (χ1) is 7.49. The number of hydrogen-bond donors (Lipinski definition) is 2. The highest BCUT2D eigenvalue weighted by Gasteiger charge is 2.03. The number of halogens is 1. The van der Waals surface area contributed by atoms with Crippen molar-refractivity contribution in [1.82, 2.24) is 5.32 Å². The van der Waals surface area contributed by atoms with Crippen molar-refractivity contribution in [1.29, 1.82) is 0 Å². The van der Waals surface area contributed by atoms with Crippen LogP contribution in [0.4, 0.5) is 4.79 Å². The van der Waals surface area contributed by atoms with Crippen molar-refractivity contribution in [3.8, 4) is 0 Å². The fourth-order valence-electron chi connectivity index (χ4n) is 1.42. The van der Waals surface area contributed by atoms with Crippen molar-refractivity contribution >= 4 is 34.3 Å². The van der Waals surface area contributed by atoms with Gasteiger partial charge in [-0.3, -0.25) is 0 Å². The van der Waals surface area contributed by atoms with Crippen molar-refractivity contribution in [2.75, 3.05) is 0 Å². The number of benzene rings is 1. The summed E-state index contributed by atoms with van der Waals surface area (Å²) in [6.45, 7) is 3.78. The van der Waals surface area contributed by atoms with Crippen LogP contribution in [0.1, 0.15) is 19.4 Å². The molecule has 1 atom stereocenters. The van der Waals surface area contributed by atoms with E-state index in [0.29, 0.717) is 0 Å². The zero-order valence-corrected chi connectivity index (χ0v) is 11.4. The average Bonchev–Trinajstić information content (AvgIpc) is 2.16. The molecule has 0 heterocycles. The van der Waals surface area contributed by atoms with Crippen LogP contribution < -0.4 is 5.32 Å². The Morgan fingerprint density at radius 3 is 2.50 bits per heavy atom. The van der Waals surface area contributed by atoms with Gasteiger partial charge in [0, 0.05) is 9.61 Å². The summed E-state index contributed by atoms with van der Waals surface area (Å²) >= 11 is 2.25. The minimum absolute atomic E-state index is 0.184. The number of allylic oxidation sites excluding steroid dienone is 1. The Morgan fingerprint density at radius 2 is 2.00 bits per heavy atom. The smallest absolute Gasteiger partial charge is 0.405 e. The molecule has 0 aliphatic heterocycles. The van der Waals surface area contributed by atoms with Crippen molar-refractivity contribution < 1.29 is 9.90 Å². The number of nitrogens with one attached hydrogen (secondary N) is 1. The molecule has 0 unspecified atom stereocenters. The fraction of sp³-hybridized carbons (Fsp3) is 0.250. The van der Waals surface area contributed by atoms with E-state index in [4.69, 9.17) is 5.11 Å². The van der Waals surface area contributed by atoms with Gasteiger partial charge < -0.3 is 10.4 Å². The van der Waals surface area contributed by atoms with Gasteiger partial charge in [0.2, 0.25) is 0 Å². The summed E-state index contributed by atoms with van der Waals surface area (Å²) in [4.78, 5) is 10.4. The largest absolute Gasteiger partial charge is 0.465 e. The molecular formula is C12H14INO2. The predicted octanol–water partition coefficient (Wildman–Crippen LogP) is 3.35. The lowest BCUT2D eigenvalue weighted by Crippen LogP contribution is -2.29. The predicted molar refractivity (Wildman–Crippen MR) is 73.4 cm³/mol. The van der Waals surface area contributed by atoms with E-state index >= 15 is 0 Å². The highest BCUT2D eigenvalue weighted by molar-refractivity contribution is 14.1. The summed E-state index contributed by atoms with van der Waals surface area (Å²) in [5.74, 6) is 0. The number of carboxylic acid groups (broad SMARTS) is 1. The Kier molecular flexibility index (Phi) is 4.79. The molecule has 1 aromatic rings. The van der Waals surface area contributed by atoms with Crippen LogP contribution in [-0.2, 0) is 0 Å². The first kappa shape index (κ1) is 13.0. The lowest BCUT2D eigenvalue weighted by molar-refractivity contribution is 0.193. The molecule has 1 rings (SSSR count). The van der Waals surface area contributed by atoms with E-state index < -0.39 is 6.09 Å². The van der Waals surface area contributed by atoms with Crippen molar-refractivity contribution in [3.05, 3.63) is 39.5 Å². The van der Waals surface area contributed by atoms with Gasteiger partial charge in [0.1, 0.15) is 0 Å². The molecule has 0 saturated carbocycles. The summed E-state index contributed by atoms with van der Waals surface area (Å²) < 4.78 is 1.19. The SMILES string of the molecule is C/C(=C\[C@H](C)NC(=O)O)c1ccc(I)cc1. The fourth-order valence-corrected chi connectivity index (χ4v) is 1.78. The molecule has 3 nitrogen and oxygen atoms in total. The first-order valence-corrected chi connectivity index (χ1v) is 6.00. The molecule has 1 amide bonds. The zero-order chi connectivity index (χ0) is 12.1. The highest BCUT2D eigenvalue weighted by atomic mass is 127. The lowest BCUT2D eigenvalue weighted by atomic mass is 10.1. The lowest BCUT2D eigenvalue weighted by Gasteiger charge is -2.08. The molecule has 4 heteroatoms. The Labute approximate surface area is 109 Å². The molecule has 0 radical (unpaired) electrons. The van der Waals surface area contributed by atoms with Gasteiger partial charge in [0.25, 0.3) is 0 Å². The maximum absolute atomic E-state index is 10.4. The van der Waals surface area contributed by atoms with E-state index in [9.17, 15) is 4.79 Å². The Balaban J connectivity index is 2.76. The van der Waals surface area contributed by atoms with Gasteiger partial charge in [-0.05, 0) is 59.7 Å². The summed E-state index contributed by atoms with van der Waals surface area (Å²) in [6.07, 6.45) is 0.898. The van der Waals surface area contributed by atoms with Gasteiger partial charge in [0.05, 0.1) is 0 Å². The van der Waals surface area contributed by atoms with Crippen molar-refractivity contribution in [2.24, 2.45) is 0 Å². The standard InChI is InChI=1S/C12H14INO2/c1-8(7-9(2)14-12(15)16)10-3-5-11(13)6-4-10/h3-7,9,14H,1-2H3,(H,15,16)/b8-7+/t9-/m0/s1. The molecule has 0 aliphatic rings. The van der Waals surface area contributed by atoms with Gasteiger partial charge >= 0.3 is 6.09 Å². The number of hydrogen-bond acceptors (Lipinski definition) is 1. The van der Waals surface area contributed by atoms with Crippen LogP contribution in [0.3, 0.4) is 0 Å². The zero-order valence-electron chi connectivity index (χ0n) is 9.20. The van der Waals surface area contributed by atoms with E-state index in [0.717, 1.165) is 11.1 Å².